The van der Waals surface area contributed by atoms with Crippen molar-refractivity contribution >= 4 is 44.2 Å². The highest BCUT2D eigenvalue weighted by Crippen LogP contribution is 2.30. The maximum atomic E-state index is 12.5. The molecule has 6 nitrogen and oxygen atoms in total. The van der Waals surface area contributed by atoms with Crippen LogP contribution in [0, 0.1) is 5.92 Å². The molecule has 1 fully saturated rings. The van der Waals surface area contributed by atoms with Crippen LogP contribution in [0.15, 0.2) is 42.5 Å². The molecule has 7 heteroatoms. The number of ether oxygens (including phenoxy) is 1. The molecule has 0 bridgehead atoms. The van der Waals surface area contributed by atoms with Gasteiger partial charge in [0.05, 0.1) is 16.8 Å². The van der Waals surface area contributed by atoms with E-state index >= 15 is 0 Å². The number of anilines is 2. The summed E-state index contributed by atoms with van der Waals surface area (Å²) in [5.41, 5.74) is 1.97. The largest absolute Gasteiger partial charge is 0.494 e. The van der Waals surface area contributed by atoms with Crippen LogP contribution in [-0.2, 0) is 4.79 Å². The maximum absolute atomic E-state index is 12.5. The molecule has 0 saturated heterocycles. The summed E-state index contributed by atoms with van der Waals surface area (Å²) in [5.74, 6) is 0.701. The second kappa shape index (κ2) is 9.26. The second-order valence-electron chi connectivity index (χ2n) is 7.44. The van der Waals surface area contributed by atoms with Crippen molar-refractivity contribution in [3.8, 4) is 5.75 Å². The van der Waals surface area contributed by atoms with E-state index in [4.69, 9.17) is 4.74 Å². The molecule has 1 aliphatic carbocycles. The summed E-state index contributed by atoms with van der Waals surface area (Å²) in [6.07, 6.45) is 5.37. The minimum Gasteiger partial charge on any atom is -0.494 e. The number of fused-ring (bicyclic) bond motifs is 1. The first-order valence-electron chi connectivity index (χ1n) is 10.4. The van der Waals surface area contributed by atoms with Crippen LogP contribution in [0.1, 0.15) is 49.4 Å². The molecule has 1 aromatic heterocycles. The van der Waals surface area contributed by atoms with E-state index in [0.29, 0.717) is 23.0 Å². The van der Waals surface area contributed by atoms with Crippen LogP contribution in [-0.4, -0.2) is 23.4 Å². The molecular formula is C23H25N3O3S. The Morgan fingerprint density at radius 3 is 2.57 bits per heavy atom. The normalized spacial score (nSPS) is 14.4. The van der Waals surface area contributed by atoms with E-state index in [1.54, 1.807) is 24.3 Å². The minimum absolute atomic E-state index is 0.0674. The third-order valence-corrected chi connectivity index (χ3v) is 6.23. The quantitative estimate of drug-likeness (QED) is 0.551. The van der Waals surface area contributed by atoms with Crippen LogP contribution in [0.5, 0.6) is 5.75 Å². The predicted molar refractivity (Wildman–Crippen MR) is 120 cm³/mol. The predicted octanol–water partition coefficient (Wildman–Crippen LogP) is 5.47. The van der Waals surface area contributed by atoms with Crippen LogP contribution in [0.2, 0.25) is 0 Å². The Bertz CT molecular complexity index is 1040. The Hall–Kier alpha value is -2.93. The van der Waals surface area contributed by atoms with Crippen molar-refractivity contribution in [3.63, 3.8) is 0 Å². The van der Waals surface area contributed by atoms with Gasteiger partial charge in [0, 0.05) is 17.2 Å². The molecule has 2 amide bonds. The number of carbonyl (C=O) groups is 2. The number of aromatic nitrogens is 1. The highest BCUT2D eigenvalue weighted by atomic mass is 32.1. The first-order valence-corrected chi connectivity index (χ1v) is 11.2. The first-order chi connectivity index (χ1) is 14.6. The van der Waals surface area contributed by atoms with Gasteiger partial charge in [-0.2, -0.15) is 0 Å². The van der Waals surface area contributed by atoms with E-state index in [1.165, 1.54) is 17.8 Å². The number of thiazole rings is 1. The van der Waals surface area contributed by atoms with Gasteiger partial charge in [-0.1, -0.05) is 30.6 Å². The topological polar surface area (TPSA) is 80.3 Å². The van der Waals surface area contributed by atoms with Gasteiger partial charge in [-0.3, -0.25) is 9.59 Å². The lowest BCUT2D eigenvalue weighted by molar-refractivity contribution is -0.120. The molecule has 2 aromatic carbocycles. The van der Waals surface area contributed by atoms with E-state index in [1.807, 2.05) is 25.1 Å². The summed E-state index contributed by atoms with van der Waals surface area (Å²) in [4.78, 5) is 29.5. The monoisotopic (exact) mass is 423 g/mol. The lowest BCUT2D eigenvalue weighted by Gasteiger charge is -2.19. The number of amides is 2. The molecule has 30 heavy (non-hydrogen) atoms. The van der Waals surface area contributed by atoms with Gasteiger partial charge >= 0.3 is 0 Å². The summed E-state index contributed by atoms with van der Waals surface area (Å²) < 4.78 is 6.37. The van der Waals surface area contributed by atoms with Crippen molar-refractivity contribution in [1.82, 2.24) is 4.98 Å². The number of hydrogen-bond donors (Lipinski definition) is 2. The number of hydrogen-bond acceptors (Lipinski definition) is 5. The van der Waals surface area contributed by atoms with E-state index in [2.05, 4.69) is 15.6 Å². The Kier molecular flexibility index (Phi) is 6.28. The summed E-state index contributed by atoms with van der Waals surface area (Å²) in [6, 6.07) is 12.6. The molecule has 0 radical (unpaired) electrons. The zero-order valence-corrected chi connectivity index (χ0v) is 17.8. The molecular weight excluding hydrogens is 398 g/mol. The molecule has 156 valence electrons. The lowest BCUT2D eigenvalue weighted by atomic mass is 9.89. The second-order valence-corrected chi connectivity index (χ2v) is 8.47. The Labute approximate surface area is 179 Å². The van der Waals surface area contributed by atoms with Gasteiger partial charge in [0.25, 0.3) is 5.91 Å². The zero-order valence-electron chi connectivity index (χ0n) is 16.9. The third kappa shape index (κ3) is 4.79. The van der Waals surface area contributed by atoms with Gasteiger partial charge in [0.15, 0.2) is 5.13 Å². The van der Waals surface area contributed by atoms with Gasteiger partial charge in [-0.05, 0) is 62.2 Å². The highest BCUT2D eigenvalue weighted by molar-refractivity contribution is 7.22. The molecule has 0 spiro atoms. The fourth-order valence-electron chi connectivity index (χ4n) is 3.70. The molecule has 3 aromatic rings. The van der Waals surface area contributed by atoms with Crippen molar-refractivity contribution in [3.05, 3.63) is 48.0 Å². The smallest absolute Gasteiger partial charge is 0.255 e. The Balaban J connectivity index is 1.42. The zero-order chi connectivity index (χ0) is 20.9. The summed E-state index contributed by atoms with van der Waals surface area (Å²) in [5, 5.41) is 6.48. The number of nitrogens with one attached hydrogen (secondary N) is 2. The van der Waals surface area contributed by atoms with Gasteiger partial charge in [-0.15, -0.1) is 0 Å². The molecule has 0 atom stereocenters. The van der Waals surface area contributed by atoms with Crippen LogP contribution in [0.25, 0.3) is 10.2 Å². The SMILES string of the molecule is CCOc1ccc(C(=O)Nc2ccc3sc(NC(=O)C4CCCCC4)nc3c2)cc1. The molecule has 2 N–H and O–H groups in total. The molecule has 1 saturated carbocycles. The summed E-state index contributed by atoms with van der Waals surface area (Å²) in [6.45, 7) is 2.50. The van der Waals surface area contributed by atoms with Crippen molar-refractivity contribution in [1.29, 1.82) is 0 Å². The van der Waals surface area contributed by atoms with Crippen LogP contribution in [0.4, 0.5) is 10.8 Å². The molecule has 0 unspecified atom stereocenters. The molecule has 1 aliphatic rings. The number of carbonyl (C=O) groups excluding carboxylic acids is 2. The Morgan fingerprint density at radius 2 is 1.83 bits per heavy atom. The summed E-state index contributed by atoms with van der Waals surface area (Å²) in [7, 11) is 0. The van der Waals surface area contributed by atoms with E-state index in [-0.39, 0.29) is 17.7 Å². The van der Waals surface area contributed by atoms with Gasteiger partial charge in [0.2, 0.25) is 5.91 Å². The Morgan fingerprint density at radius 1 is 1.07 bits per heavy atom. The van der Waals surface area contributed by atoms with Gasteiger partial charge in [-0.25, -0.2) is 4.98 Å². The van der Waals surface area contributed by atoms with Crippen LogP contribution in [0.3, 0.4) is 0 Å². The average Bonchev–Trinajstić information content (AvgIpc) is 3.16. The highest BCUT2D eigenvalue weighted by Gasteiger charge is 2.22. The number of rotatable bonds is 6. The van der Waals surface area contributed by atoms with Crippen molar-refractivity contribution in [2.45, 2.75) is 39.0 Å². The van der Waals surface area contributed by atoms with Crippen LogP contribution < -0.4 is 15.4 Å². The van der Waals surface area contributed by atoms with E-state index < -0.39 is 0 Å². The number of benzene rings is 2. The van der Waals surface area contributed by atoms with Gasteiger partial charge in [0.1, 0.15) is 5.75 Å². The van der Waals surface area contributed by atoms with Crippen LogP contribution >= 0.6 is 11.3 Å². The standard InChI is InChI=1S/C23H25N3O3S/c1-2-29-18-11-8-16(9-12-18)21(27)24-17-10-13-20-19(14-17)25-23(30-20)26-22(28)15-6-4-3-5-7-15/h8-15H,2-7H2,1H3,(H,24,27)(H,25,26,28). The molecule has 4 rings (SSSR count). The van der Waals surface area contributed by atoms with Crippen molar-refractivity contribution in [2.24, 2.45) is 5.92 Å². The molecule has 1 heterocycles. The average molecular weight is 424 g/mol. The van der Waals surface area contributed by atoms with Crippen molar-refractivity contribution < 1.29 is 14.3 Å². The first kappa shape index (κ1) is 20.3. The summed E-state index contributed by atoms with van der Waals surface area (Å²) >= 11 is 1.45. The van der Waals surface area contributed by atoms with E-state index in [9.17, 15) is 9.59 Å². The number of nitrogens with zero attached hydrogens (tertiary/aromatic N) is 1. The fraction of sp³-hybridized carbons (Fsp3) is 0.348. The van der Waals surface area contributed by atoms with E-state index in [0.717, 1.165) is 41.6 Å². The minimum atomic E-state index is -0.196. The third-order valence-electron chi connectivity index (χ3n) is 5.28. The van der Waals surface area contributed by atoms with Crippen molar-refractivity contribution in [2.75, 3.05) is 17.2 Å². The van der Waals surface area contributed by atoms with Gasteiger partial charge < -0.3 is 15.4 Å². The molecule has 0 aliphatic heterocycles. The maximum Gasteiger partial charge on any atom is 0.255 e. The lowest BCUT2D eigenvalue weighted by Crippen LogP contribution is -2.24. The fourth-order valence-corrected chi connectivity index (χ4v) is 4.55.